The van der Waals surface area contributed by atoms with E-state index >= 15 is 0 Å². The molecule has 0 aliphatic rings. The minimum absolute atomic E-state index is 0.0478. The summed E-state index contributed by atoms with van der Waals surface area (Å²) < 4.78 is 3.29. The second-order valence-electron chi connectivity index (χ2n) is 7.70. The van der Waals surface area contributed by atoms with Crippen molar-refractivity contribution in [3.05, 3.63) is 76.0 Å². The molecule has 0 unspecified atom stereocenters. The van der Waals surface area contributed by atoms with Crippen LogP contribution < -0.4 is 21.2 Å². The predicted molar refractivity (Wildman–Crippen MR) is 119 cm³/mol. The Morgan fingerprint density at radius 2 is 2.13 bits per heavy atom. The molecule has 0 aromatic carbocycles. The summed E-state index contributed by atoms with van der Waals surface area (Å²) in [7, 11) is 0. The van der Waals surface area contributed by atoms with Gasteiger partial charge in [-0.1, -0.05) is 24.0 Å². The summed E-state index contributed by atoms with van der Waals surface area (Å²) in [5.41, 5.74) is 9.29. The summed E-state index contributed by atoms with van der Waals surface area (Å²) in [5, 5.41) is 3.22. The van der Waals surface area contributed by atoms with Gasteiger partial charge in [0, 0.05) is 25.1 Å². The molecule has 158 valence electrons. The Hall–Kier alpha value is -3.81. The molecule has 0 saturated carbocycles. The molecule has 31 heavy (non-hydrogen) atoms. The van der Waals surface area contributed by atoms with Crippen molar-refractivity contribution in [2.75, 3.05) is 5.73 Å². The van der Waals surface area contributed by atoms with Crippen LogP contribution in [-0.4, -0.2) is 20.3 Å². The molecule has 0 bridgehead atoms. The van der Waals surface area contributed by atoms with Crippen LogP contribution >= 0.6 is 0 Å². The van der Waals surface area contributed by atoms with Gasteiger partial charge in [0.2, 0.25) is 11.5 Å². The summed E-state index contributed by atoms with van der Waals surface area (Å²) in [6.45, 7) is 6.23. The van der Waals surface area contributed by atoms with Crippen molar-refractivity contribution < 1.29 is 9.36 Å². The van der Waals surface area contributed by atoms with Gasteiger partial charge in [-0.05, 0) is 49.6 Å². The molecule has 1 amide bonds. The zero-order chi connectivity index (χ0) is 22.1. The molecule has 1 atom stereocenters. The van der Waals surface area contributed by atoms with Crippen molar-refractivity contribution in [3.63, 3.8) is 0 Å². The molecule has 8 nitrogen and oxygen atoms in total. The topological polar surface area (TPSA) is 106 Å². The summed E-state index contributed by atoms with van der Waals surface area (Å²) in [4.78, 5) is 35.1. The molecular weight excluding hydrogens is 392 g/mol. The Labute approximate surface area is 179 Å². The van der Waals surface area contributed by atoms with Crippen LogP contribution in [0.25, 0.3) is 16.7 Å². The Morgan fingerprint density at radius 3 is 2.84 bits per heavy atom. The number of rotatable bonds is 5. The second kappa shape index (κ2) is 8.14. The number of carbonyl (C=O) groups excluding carboxylic acids is 1. The van der Waals surface area contributed by atoms with Gasteiger partial charge in [-0.3, -0.25) is 19.0 Å². The molecule has 0 aliphatic heterocycles. The smallest absolute Gasteiger partial charge is 0.278 e. The van der Waals surface area contributed by atoms with Crippen molar-refractivity contribution in [1.29, 1.82) is 0 Å². The number of amides is 1. The van der Waals surface area contributed by atoms with Gasteiger partial charge in [-0.15, -0.1) is 0 Å². The third kappa shape index (κ3) is 3.72. The maximum atomic E-state index is 13.3. The molecule has 4 aromatic heterocycles. The number of hydrogen-bond donors (Lipinski definition) is 2. The Morgan fingerprint density at radius 1 is 1.32 bits per heavy atom. The highest BCUT2D eigenvalue weighted by Crippen LogP contribution is 2.18. The van der Waals surface area contributed by atoms with E-state index < -0.39 is 0 Å². The van der Waals surface area contributed by atoms with Gasteiger partial charge in [0.25, 0.3) is 17.1 Å². The highest BCUT2D eigenvalue weighted by atomic mass is 16.1. The number of carbonyl (C=O) groups is 1. The van der Waals surface area contributed by atoms with E-state index in [2.05, 4.69) is 10.3 Å². The molecule has 0 radical (unpaired) electrons. The van der Waals surface area contributed by atoms with Gasteiger partial charge >= 0.3 is 0 Å². The van der Waals surface area contributed by atoms with Crippen molar-refractivity contribution in [2.45, 2.75) is 39.8 Å². The maximum Gasteiger partial charge on any atom is 0.278 e. The lowest BCUT2D eigenvalue weighted by Gasteiger charge is -2.16. The number of aromatic nitrogens is 4. The third-order valence-corrected chi connectivity index (χ3v) is 5.49. The molecule has 4 rings (SSSR count). The molecule has 0 aliphatic carbocycles. The highest BCUT2D eigenvalue weighted by Gasteiger charge is 2.26. The van der Waals surface area contributed by atoms with E-state index in [1.807, 2.05) is 45.0 Å². The predicted octanol–water partition coefficient (Wildman–Crippen LogP) is 2.32. The number of nitrogen functional groups attached to an aromatic ring is 1. The minimum atomic E-state index is -0.353. The molecule has 4 aromatic rings. The van der Waals surface area contributed by atoms with Crippen molar-refractivity contribution in [3.8, 4) is 0 Å². The first-order valence-electron chi connectivity index (χ1n) is 10.2. The van der Waals surface area contributed by atoms with Crippen LogP contribution in [0, 0.1) is 6.92 Å². The number of aryl methyl sites for hydroxylation is 1. The second-order valence-corrected chi connectivity index (χ2v) is 7.70. The number of pyridine rings is 3. The number of fused-ring (bicyclic) bond motifs is 2. The largest absolute Gasteiger partial charge is 0.348 e. The first-order valence-corrected chi connectivity index (χ1v) is 10.2. The standard InChI is InChI=1S/C23H24N6O2/c1-4-15(3)29-20(24)17(22(30)26-12-16-6-5-9-25-11-16)10-18-21(29)27-19-8-7-14(2)13-28(19)23(18)31/h5-11,13,15,24H,4,12H2,1-3H3,(H,26,30)/p+1/t15-/m0/s1. The highest BCUT2D eigenvalue weighted by molar-refractivity contribution is 6.00. The molecule has 0 fully saturated rings. The van der Waals surface area contributed by atoms with E-state index in [-0.39, 0.29) is 28.9 Å². The van der Waals surface area contributed by atoms with E-state index in [1.54, 1.807) is 29.2 Å². The van der Waals surface area contributed by atoms with Gasteiger partial charge in [0.15, 0.2) is 0 Å². The lowest BCUT2D eigenvalue weighted by Crippen LogP contribution is -2.45. The number of nitrogens with one attached hydrogen (secondary N) is 1. The zero-order valence-electron chi connectivity index (χ0n) is 17.8. The van der Waals surface area contributed by atoms with E-state index in [4.69, 9.17) is 10.7 Å². The van der Waals surface area contributed by atoms with Crippen LogP contribution in [-0.2, 0) is 6.54 Å². The van der Waals surface area contributed by atoms with Crippen LogP contribution in [0.1, 0.15) is 47.8 Å². The molecular formula is C23H25N6O2+. The van der Waals surface area contributed by atoms with E-state index in [1.165, 1.54) is 4.40 Å². The van der Waals surface area contributed by atoms with E-state index in [0.717, 1.165) is 17.5 Å². The van der Waals surface area contributed by atoms with Gasteiger partial charge in [0.05, 0.1) is 6.04 Å². The van der Waals surface area contributed by atoms with Crippen LogP contribution in [0.15, 0.2) is 53.7 Å². The number of nitrogens with zero attached hydrogens (tertiary/aromatic N) is 4. The van der Waals surface area contributed by atoms with E-state index in [9.17, 15) is 9.59 Å². The fourth-order valence-electron chi connectivity index (χ4n) is 3.61. The van der Waals surface area contributed by atoms with Gasteiger partial charge in [-0.25, -0.2) is 4.57 Å². The van der Waals surface area contributed by atoms with Gasteiger partial charge in [-0.2, -0.15) is 0 Å². The average molecular weight is 417 g/mol. The minimum Gasteiger partial charge on any atom is -0.348 e. The summed E-state index contributed by atoms with van der Waals surface area (Å²) in [6.07, 6.45) is 5.87. The van der Waals surface area contributed by atoms with Crippen LogP contribution in [0.3, 0.4) is 0 Å². The number of anilines is 1. The lowest BCUT2D eigenvalue weighted by molar-refractivity contribution is -0.683. The first kappa shape index (κ1) is 20.5. The molecule has 3 N–H and O–H groups in total. The first-order chi connectivity index (χ1) is 14.9. The summed E-state index contributed by atoms with van der Waals surface area (Å²) >= 11 is 0. The summed E-state index contributed by atoms with van der Waals surface area (Å²) in [6, 6.07) is 8.90. The van der Waals surface area contributed by atoms with Gasteiger partial charge < -0.3 is 11.1 Å². The molecule has 4 heterocycles. The van der Waals surface area contributed by atoms with Crippen LogP contribution in [0.4, 0.5) is 5.82 Å². The molecule has 0 saturated heterocycles. The van der Waals surface area contributed by atoms with Gasteiger partial charge in [0.1, 0.15) is 10.9 Å². The van der Waals surface area contributed by atoms with Crippen LogP contribution in [0.5, 0.6) is 0 Å². The maximum absolute atomic E-state index is 13.3. The Balaban J connectivity index is 1.90. The van der Waals surface area contributed by atoms with Crippen molar-refractivity contribution >= 4 is 28.4 Å². The van der Waals surface area contributed by atoms with Crippen molar-refractivity contribution in [2.24, 2.45) is 0 Å². The lowest BCUT2D eigenvalue weighted by atomic mass is 10.1. The van der Waals surface area contributed by atoms with Crippen molar-refractivity contribution in [1.82, 2.24) is 19.7 Å². The number of hydrogen-bond acceptors (Lipinski definition) is 5. The zero-order valence-corrected chi connectivity index (χ0v) is 17.8. The monoisotopic (exact) mass is 417 g/mol. The molecule has 8 heteroatoms. The van der Waals surface area contributed by atoms with Crippen LogP contribution in [0.2, 0.25) is 0 Å². The Bertz CT molecular complexity index is 1350. The molecule has 0 spiro atoms. The summed E-state index contributed by atoms with van der Waals surface area (Å²) in [5.74, 6) is -0.0667. The normalized spacial score (nSPS) is 12.2. The fourth-order valence-corrected chi connectivity index (χ4v) is 3.61. The Kier molecular flexibility index (Phi) is 5.37. The third-order valence-electron chi connectivity index (χ3n) is 5.49. The fraction of sp³-hybridized carbons (Fsp3) is 0.261. The quantitative estimate of drug-likeness (QED) is 0.383. The average Bonchev–Trinajstić information content (AvgIpc) is 2.78. The van der Waals surface area contributed by atoms with E-state index in [0.29, 0.717) is 23.2 Å². The SMILES string of the molecule is CC[C@H](C)[n+]1c(N)c(C(=O)NCc2cccnc2)cc2c(=O)n3cc(C)ccc3nc21. The number of nitrogens with two attached hydrogens (primary N) is 1.